The van der Waals surface area contributed by atoms with Gasteiger partial charge in [-0.3, -0.25) is 0 Å². The van der Waals surface area contributed by atoms with E-state index in [1.165, 1.54) is 20.3 Å². The molecular formula is C11H16O4. The van der Waals surface area contributed by atoms with Gasteiger partial charge in [-0.05, 0) is 6.07 Å². The van der Waals surface area contributed by atoms with Gasteiger partial charge in [-0.15, -0.1) is 0 Å². The van der Waals surface area contributed by atoms with Gasteiger partial charge >= 0.3 is 0 Å². The van der Waals surface area contributed by atoms with Crippen molar-refractivity contribution in [2.75, 3.05) is 20.8 Å². The lowest BCUT2D eigenvalue weighted by Crippen LogP contribution is -2.01. The van der Waals surface area contributed by atoms with Crippen molar-refractivity contribution in [3.8, 4) is 17.2 Å². The highest BCUT2D eigenvalue weighted by molar-refractivity contribution is 5.51. The lowest BCUT2D eigenvalue weighted by Gasteiger charge is -2.14. The van der Waals surface area contributed by atoms with Gasteiger partial charge in [0.2, 0.25) is 0 Å². The first kappa shape index (κ1) is 11.7. The number of aliphatic hydroxyl groups is 1. The third-order valence-electron chi connectivity index (χ3n) is 2.34. The minimum atomic E-state index is -0.134. The van der Waals surface area contributed by atoms with E-state index in [4.69, 9.17) is 14.6 Å². The first-order valence-electron chi connectivity index (χ1n) is 4.69. The predicted molar refractivity (Wildman–Crippen MR) is 56.7 cm³/mol. The van der Waals surface area contributed by atoms with Gasteiger partial charge in [0.25, 0.3) is 0 Å². The van der Waals surface area contributed by atoms with Crippen LogP contribution in [0.5, 0.6) is 17.2 Å². The lowest BCUT2D eigenvalue weighted by molar-refractivity contribution is 0.269. The zero-order valence-corrected chi connectivity index (χ0v) is 9.15. The molecule has 0 fully saturated rings. The zero-order chi connectivity index (χ0) is 11.4. The highest BCUT2D eigenvalue weighted by atomic mass is 16.5. The molecule has 0 bridgehead atoms. The third-order valence-corrected chi connectivity index (χ3v) is 2.34. The number of methoxy groups -OCH3 is 2. The normalized spacial score (nSPS) is 12.3. The molecule has 0 saturated carbocycles. The summed E-state index contributed by atoms with van der Waals surface area (Å²) in [6, 6.07) is 3.16. The van der Waals surface area contributed by atoms with E-state index in [1.807, 2.05) is 6.92 Å². The van der Waals surface area contributed by atoms with Crippen LogP contribution in [0.1, 0.15) is 18.4 Å². The molecule has 0 aromatic heterocycles. The van der Waals surface area contributed by atoms with Gasteiger partial charge in [0, 0.05) is 24.2 Å². The Morgan fingerprint density at radius 3 is 2.20 bits per heavy atom. The Bertz CT molecular complexity index is 336. The molecule has 4 nitrogen and oxygen atoms in total. The van der Waals surface area contributed by atoms with Crippen LogP contribution in [0.4, 0.5) is 0 Å². The second kappa shape index (κ2) is 4.89. The smallest absolute Gasteiger partial charge is 0.164 e. The molecule has 15 heavy (non-hydrogen) atoms. The Kier molecular flexibility index (Phi) is 3.80. The van der Waals surface area contributed by atoms with Crippen molar-refractivity contribution < 1.29 is 19.7 Å². The SMILES string of the molecule is COc1cc(O)c(C(C)CO)cc1OC. The van der Waals surface area contributed by atoms with Crippen LogP contribution in [0.3, 0.4) is 0 Å². The van der Waals surface area contributed by atoms with Gasteiger partial charge in [0.15, 0.2) is 11.5 Å². The topological polar surface area (TPSA) is 58.9 Å². The largest absolute Gasteiger partial charge is 0.508 e. The van der Waals surface area contributed by atoms with Crippen molar-refractivity contribution >= 4 is 0 Å². The standard InChI is InChI=1S/C11H16O4/c1-7(6-12)8-4-10(14-2)11(15-3)5-9(8)13/h4-5,7,12-13H,6H2,1-3H3. The first-order chi connectivity index (χ1) is 7.13. The van der Waals surface area contributed by atoms with Crippen LogP contribution in [0.25, 0.3) is 0 Å². The fourth-order valence-electron chi connectivity index (χ4n) is 1.38. The maximum Gasteiger partial charge on any atom is 0.164 e. The van der Waals surface area contributed by atoms with E-state index in [2.05, 4.69) is 0 Å². The molecule has 0 heterocycles. The van der Waals surface area contributed by atoms with Crippen molar-refractivity contribution in [2.24, 2.45) is 0 Å². The van der Waals surface area contributed by atoms with Crippen LogP contribution in [0.2, 0.25) is 0 Å². The first-order valence-corrected chi connectivity index (χ1v) is 4.69. The molecule has 1 unspecified atom stereocenters. The average Bonchev–Trinajstić information content (AvgIpc) is 2.27. The van der Waals surface area contributed by atoms with E-state index in [9.17, 15) is 5.11 Å². The van der Waals surface area contributed by atoms with Gasteiger partial charge in [0.05, 0.1) is 14.2 Å². The fourth-order valence-corrected chi connectivity index (χ4v) is 1.38. The number of phenols is 1. The van der Waals surface area contributed by atoms with Crippen molar-refractivity contribution in [3.05, 3.63) is 17.7 Å². The Hall–Kier alpha value is -1.42. The van der Waals surface area contributed by atoms with Crippen molar-refractivity contribution in [3.63, 3.8) is 0 Å². The molecule has 4 heteroatoms. The van der Waals surface area contributed by atoms with Crippen LogP contribution in [0, 0.1) is 0 Å². The zero-order valence-electron chi connectivity index (χ0n) is 9.15. The average molecular weight is 212 g/mol. The van der Waals surface area contributed by atoms with Gasteiger partial charge < -0.3 is 19.7 Å². The minimum Gasteiger partial charge on any atom is -0.508 e. The summed E-state index contributed by atoms with van der Waals surface area (Å²) in [5.41, 5.74) is 0.648. The molecule has 0 aliphatic heterocycles. The maximum absolute atomic E-state index is 9.70. The Morgan fingerprint density at radius 2 is 1.73 bits per heavy atom. The molecule has 0 saturated heterocycles. The molecule has 1 atom stereocenters. The molecule has 0 radical (unpaired) electrons. The van der Waals surface area contributed by atoms with Crippen molar-refractivity contribution in [1.29, 1.82) is 0 Å². The maximum atomic E-state index is 9.70. The molecule has 84 valence electrons. The number of phenolic OH excluding ortho intramolecular Hbond substituents is 1. The van der Waals surface area contributed by atoms with E-state index in [-0.39, 0.29) is 18.3 Å². The monoisotopic (exact) mass is 212 g/mol. The summed E-state index contributed by atoms with van der Waals surface area (Å²) in [6.07, 6.45) is 0. The summed E-state index contributed by atoms with van der Waals surface area (Å²) in [5, 5.41) is 18.7. The van der Waals surface area contributed by atoms with Gasteiger partial charge in [-0.25, -0.2) is 0 Å². The molecule has 1 aromatic carbocycles. The van der Waals surface area contributed by atoms with Crippen molar-refractivity contribution in [2.45, 2.75) is 12.8 Å². The molecule has 1 aromatic rings. The Labute approximate surface area is 89.1 Å². The third kappa shape index (κ3) is 2.33. The van der Waals surface area contributed by atoms with E-state index < -0.39 is 0 Å². The number of aliphatic hydroxyl groups excluding tert-OH is 1. The lowest BCUT2D eigenvalue weighted by atomic mass is 10.0. The number of benzene rings is 1. The van der Waals surface area contributed by atoms with Crippen LogP contribution < -0.4 is 9.47 Å². The van der Waals surface area contributed by atoms with Gasteiger partial charge in [-0.1, -0.05) is 6.92 Å². The molecule has 2 N–H and O–H groups in total. The highest BCUT2D eigenvalue weighted by Crippen LogP contribution is 2.37. The summed E-state index contributed by atoms with van der Waals surface area (Å²) in [6.45, 7) is 1.80. The van der Waals surface area contributed by atoms with E-state index in [1.54, 1.807) is 6.07 Å². The summed E-state index contributed by atoms with van der Waals surface area (Å²) < 4.78 is 10.1. The molecule has 1 rings (SSSR count). The van der Waals surface area contributed by atoms with Gasteiger partial charge in [-0.2, -0.15) is 0 Å². The van der Waals surface area contributed by atoms with Crippen LogP contribution >= 0.6 is 0 Å². The molecular weight excluding hydrogens is 196 g/mol. The number of aromatic hydroxyl groups is 1. The quantitative estimate of drug-likeness (QED) is 0.794. The summed E-state index contributed by atoms with van der Waals surface area (Å²) in [5.74, 6) is 0.994. The van der Waals surface area contributed by atoms with Crippen LogP contribution in [-0.2, 0) is 0 Å². The fraction of sp³-hybridized carbons (Fsp3) is 0.455. The highest BCUT2D eigenvalue weighted by Gasteiger charge is 2.14. The summed E-state index contributed by atoms with van der Waals surface area (Å²) >= 11 is 0. The number of hydrogen-bond donors (Lipinski definition) is 2. The van der Waals surface area contributed by atoms with E-state index in [0.29, 0.717) is 17.1 Å². The molecule has 0 aliphatic rings. The summed E-state index contributed by atoms with van der Waals surface area (Å²) in [7, 11) is 3.04. The van der Waals surface area contributed by atoms with Crippen LogP contribution in [-0.4, -0.2) is 31.0 Å². The molecule has 0 amide bonds. The van der Waals surface area contributed by atoms with Gasteiger partial charge in [0.1, 0.15) is 5.75 Å². The van der Waals surface area contributed by atoms with Crippen molar-refractivity contribution in [1.82, 2.24) is 0 Å². The summed E-state index contributed by atoms with van der Waals surface area (Å²) in [4.78, 5) is 0. The molecule has 0 aliphatic carbocycles. The van der Waals surface area contributed by atoms with E-state index >= 15 is 0 Å². The van der Waals surface area contributed by atoms with E-state index in [0.717, 1.165) is 0 Å². The molecule has 0 spiro atoms. The predicted octanol–water partition coefficient (Wildman–Crippen LogP) is 1.51. The minimum absolute atomic E-state index is 0.0248. The Morgan fingerprint density at radius 1 is 1.20 bits per heavy atom. The number of ether oxygens (including phenoxy) is 2. The Balaban J connectivity index is 3.19. The second-order valence-corrected chi connectivity index (χ2v) is 3.35. The number of rotatable bonds is 4. The number of hydrogen-bond acceptors (Lipinski definition) is 4. The van der Waals surface area contributed by atoms with Crippen LogP contribution in [0.15, 0.2) is 12.1 Å². The second-order valence-electron chi connectivity index (χ2n) is 3.35.